The Morgan fingerprint density at radius 2 is 2.29 bits per heavy atom. The van der Waals surface area contributed by atoms with Gasteiger partial charge in [0.2, 0.25) is 5.95 Å². The summed E-state index contributed by atoms with van der Waals surface area (Å²) in [5, 5.41) is 16.5. The number of H-pyrrole nitrogens is 1. The van der Waals surface area contributed by atoms with Crippen molar-refractivity contribution in [3.8, 4) is 0 Å². The maximum Gasteiger partial charge on any atom is 0.270 e. The molecule has 0 aliphatic heterocycles. The number of imidazole rings is 1. The summed E-state index contributed by atoms with van der Waals surface area (Å²) in [6, 6.07) is 4.14. The molecule has 0 unspecified atom stereocenters. The normalized spacial score (nSPS) is 10.1. The van der Waals surface area contributed by atoms with E-state index in [1.54, 1.807) is 6.20 Å². The van der Waals surface area contributed by atoms with Crippen molar-refractivity contribution in [3.63, 3.8) is 0 Å². The fourth-order valence-corrected chi connectivity index (χ4v) is 1.76. The smallest absolute Gasteiger partial charge is 0.270 e. The second-order valence-corrected chi connectivity index (χ2v) is 4.31. The molecule has 8 heteroatoms. The summed E-state index contributed by atoms with van der Waals surface area (Å²) in [6.07, 6.45) is 3.94. The molecule has 0 spiro atoms. The van der Waals surface area contributed by atoms with Crippen molar-refractivity contribution in [1.29, 1.82) is 0 Å². The van der Waals surface area contributed by atoms with Crippen molar-refractivity contribution < 1.29 is 9.72 Å². The summed E-state index contributed by atoms with van der Waals surface area (Å²) in [7, 11) is 0. The molecule has 2 rings (SSSR count). The molecule has 0 saturated carbocycles. The van der Waals surface area contributed by atoms with E-state index in [1.165, 1.54) is 24.4 Å². The van der Waals surface area contributed by atoms with Crippen molar-refractivity contribution in [2.75, 3.05) is 17.2 Å². The summed E-state index contributed by atoms with van der Waals surface area (Å²) < 4.78 is 0. The van der Waals surface area contributed by atoms with Crippen molar-refractivity contribution in [1.82, 2.24) is 9.97 Å². The van der Waals surface area contributed by atoms with Crippen LogP contribution < -0.4 is 10.6 Å². The summed E-state index contributed by atoms with van der Waals surface area (Å²) >= 11 is 0. The monoisotopic (exact) mass is 289 g/mol. The highest BCUT2D eigenvalue weighted by Gasteiger charge is 2.17. The Morgan fingerprint density at radius 1 is 1.48 bits per heavy atom. The van der Waals surface area contributed by atoms with Crippen molar-refractivity contribution in [2.24, 2.45) is 0 Å². The zero-order valence-electron chi connectivity index (χ0n) is 11.4. The van der Waals surface area contributed by atoms with Crippen LogP contribution in [0.2, 0.25) is 0 Å². The minimum absolute atomic E-state index is 0.137. The maximum atomic E-state index is 12.2. The van der Waals surface area contributed by atoms with Gasteiger partial charge in [0.1, 0.15) is 0 Å². The summed E-state index contributed by atoms with van der Waals surface area (Å²) in [4.78, 5) is 29.2. The Hall–Kier alpha value is -2.90. The van der Waals surface area contributed by atoms with E-state index < -0.39 is 10.8 Å². The zero-order chi connectivity index (χ0) is 15.2. The molecule has 0 bridgehead atoms. The second kappa shape index (κ2) is 6.51. The van der Waals surface area contributed by atoms with Crippen LogP contribution in [0.15, 0.2) is 30.6 Å². The number of benzene rings is 1. The predicted molar refractivity (Wildman–Crippen MR) is 78.4 cm³/mol. The fourth-order valence-electron chi connectivity index (χ4n) is 1.76. The molecule has 1 amide bonds. The number of anilines is 2. The number of aromatic nitrogens is 2. The second-order valence-electron chi connectivity index (χ2n) is 4.31. The third-order valence-electron chi connectivity index (χ3n) is 2.75. The average Bonchev–Trinajstić information content (AvgIpc) is 2.97. The van der Waals surface area contributed by atoms with E-state index in [0.717, 1.165) is 6.42 Å². The van der Waals surface area contributed by atoms with E-state index >= 15 is 0 Å². The lowest BCUT2D eigenvalue weighted by atomic mass is 10.1. The molecular formula is C13H15N5O3. The van der Waals surface area contributed by atoms with E-state index in [1.807, 2.05) is 6.92 Å². The van der Waals surface area contributed by atoms with E-state index in [-0.39, 0.29) is 17.2 Å². The quantitative estimate of drug-likeness (QED) is 0.558. The van der Waals surface area contributed by atoms with Crippen LogP contribution in [0, 0.1) is 10.1 Å². The highest BCUT2D eigenvalue weighted by atomic mass is 16.6. The number of nitro benzene ring substituents is 1. The van der Waals surface area contributed by atoms with Gasteiger partial charge >= 0.3 is 0 Å². The SMILES string of the molecule is CCCNc1ccc([N+](=O)[O-])cc1C(=O)Nc1ncc[nH]1. The Kier molecular flexibility index (Phi) is 4.50. The van der Waals surface area contributed by atoms with Crippen LogP contribution in [0.4, 0.5) is 17.3 Å². The molecule has 0 atom stereocenters. The van der Waals surface area contributed by atoms with Crippen LogP contribution in [0.25, 0.3) is 0 Å². The molecule has 8 nitrogen and oxygen atoms in total. The number of amides is 1. The van der Waals surface area contributed by atoms with Gasteiger partial charge in [0, 0.05) is 36.8 Å². The average molecular weight is 289 g/mol. The summed E-state index contributed by atoms with van der Waals surface area (Å²) in [5.41, 5.74) is 0.613. The van der Waals surface area contributed by atoms with E-state index in [0.29, 0.717) is 12.2 Å². The van der Waals surface area contributed by atoms with Crippen LogP contribution in [-0.2, 0) is 0 Å². The van der Waals surface area contributed by atoms with Gasteiger partial charge in [-0.2, -0.15) is 0 Å². The largest absolute Gasteiger partial charge is 0.384 e. The molecule has 110 valence electrons. The molecule has 1 aromatic heterocycles. The number of hydrogen-bond donors (Lipinski definition) is 3. The molecule has 3 N–H and O–H groups in total. The lowest BCUT2D eigenvalue weighted by molar-refractivity contribution is -0.384. The minimum atomic E-state index is -0.534. The Bertz CT molecular complexity index is 639. The molecular weight excluding hydrogens is 274 g/mol. The van der Waals surface area contributed by atoms with Gasteiger partial charge in [0.15, 0.2) is 0 Å². The number of nitrogens with one attached hydrogen (secondary N) is 3. The molecule has 0 fully saturated rings. The van der Waals surface area contributed by atoms with Gasteiger partial charge in [-0.1, -0.05) is 6.92 Å². The number of non-ortho nitro benzene ring substituents is 1. The van der Waals surface area contributed by atoms with Gasteiger partial charge in [-0.25, -0.2) is 4.98 Å². The third-order valence-corrected chi connectivity index (χ3v) is 2.75. The van der Waals surface area contributed by atoms with Crippen LogP contribution in [0.5, 0.6) is 0 Å². The number of nitro groups is 1. The molecule has 1 aromatic carbocycles. The minimum Gasteiger partial charge on any atom is -0.384 e. The van der Waals surface area contributed by atoms with Crippen LogP contribution >= 0.6 is 0 Å². The first-order valence-corrected chi connectivity index (χ1v) is 6.45. The van der Waals surface area contributed by atoms with E-state index in [4.69, 9.17) is 0 Å². The number of aromatic amines is 1. The standard InChI is InChI=1S/C13H15N5O3/c1-2-5-14-11-4-3-9(18(20)21)8-10(11)12(19)17-13-15-6-7-16-13/h3-4,6-8,14H,2,5H2,1H3,(H2,15,16,17,19). The molecule has 0 aliphatic rings. The van der Waals surface area contributed by atoms with Gasteiger partial charge in [0.25, 0.3) is 11.6 Å². The lowest BCUT2D eigenvalue weighted by Crippen LogP contribution is -2.16. The van der Waals surface area contributed by atoms with Gasteiger partial charge in [-0.3, -0.25) is 20.2 Å². The van der Waals surface area contributed by atoms with E-state index in [9.17, 15) is 14.9 Å². The third kappa shape index (κ3) is 3.56. The van der Waals surface area contributed by atoms with Crippen molar-refractivity contribution in [2.45, 2.75) is 13.3 Å². The highest BCUT2D eigenvalue weighted by molar-refractivity contribution is 6.07. The number of rotatable bonds is 6. The van der Waals surface area contributed by atoms with Crippen LogP contribution in [-0.4, -0.2) is 27.3 Å². The molecule has 0 aliphatic carbocycles. The van der Waals surface area contributed by atoms with Crippen LogP contribution in [0.1, 0.15) is 23.7 Å². The van der Waals surface area contributed by atoms with Gasteiger partial charge in [0.05, 0.1) is 10.5 Å². The van der Waals surface area contributed by atoms with Crippen molar-refractivity contribution in [3.05, 3.63) is 46.3 Å². The lowest BCUT2D eigenvalue weighted by Gasteiger charge is -2.10. The molecule has 21 heavy (non-hydrogen) atoms. The summed E-state index contributed by atoms with van der Waals surface area (Å²) in [5.74, 6) is -0.180. The molecule has 2 aromatic rings. The Morgan fingerprint density at radius 3 is 2.90 bits per heavy atom. The maximum absolute atomic E-state index is 12.2. The van der Waals surface area contributed by atoms with Crippen LogP contribution in [0.3, 0.4) is 0 Å². The first kappa shape index (κ1) is 14.5. The topological polar surface area (TPSA) is 113 Å². The number of nitrogens with zero attached hydrogens (tertiary/aromatic N) is 2. The van der Waals surface area contributed by atoms with Gasteiger partial charge in [-0.15, -0.1) is 0 Å². The highest BCUT2D eigenvalue weighted by Crippen LogP contribution is 2.23. The van der Waals surface area contributed by atoms with E-state index in [2.05, 4.69) is 20.6 Å². The number of carbonyl (C=O) groups is 1. The first-order valence-electron chi connectivity index (χ1n) is 6.45. The molecule has 1 heterocycles. The van der Waals surface area contributed by atoms with Gasteiger partial charge < -0.3 is 10.3 Å². The summed E-state index contributed by atoms with van der Waals surface area (Å²) in [6.45, 7) is 2.65. The fraction of sp³-hybridized carbons (Fsp3) is 0.231. The molecule has 0 radical (unpaired) electrons. The first-order chi connectivity index (χ1) is 10.1. The predicted octanol–water partition coefficient (Wildman–Crippen LogP) is 2.39. The Balaban J connectivity index is 2.30. The zero-order valence-corrected chi connectivity index (χ0v) is 11.4. The van der Waals surface area contributed by atoms with Crippen molar-refractivity contribution >= 4 is 23.2 Å². The Labute approximate surface area is 120 Å². The number of hydrogen-bond acceptors (Lipinski definition) is 5. The molecule has 0 saturated heterocycles. The van der Waals surface area contributed by atoms with Gasteiger partial charge in [-0.05, 0) is 12.5 Å². The number of carbonyl (C=O) groups excluding carboxylic acids is 1.